The fourth-order valence-corrected chi connectivity index (χ4v) is 3.48. The van der Waals surface area contributed by atoms with Crippen LogP contribution in [0.15, 0.2) is 18.2 Å². The highest BCUT2D eigenvalue weighted by atomic mass is 32.2. The molecule has 1 aliphatic heterocycles. The van der Waals surface area contributed by atoms with Crippen LogP contribution in [0.1, 0.15) is 16.8 Å². The summed E-state index contributed by atoms with van der Waals surface area (Å²) < 4.78 is 9.86. The molecule has 1 fully saturated rings. The number of nitrogens with one attached hydrogen (secondary N) is 1. The second-order valence-corrected chi connectivity index (χ2v) is 7.54. The van der Waals surface area contributed by atoms with Gasteiger partial charge in [0.1, 0.15) is 5.75 Å². The van der Waals surface area contributed by atoms with E-state index in [-0.39, 0.29) is 30.0 Å². The first-order chi connectivity index (χ1) is 13.4. The molecule has 2 amide bonds. The Bertz CT molecular complexity index is 705. The predicted molar refractivity (Wildman–Crippen MR) is 109 cm³/mol. The van der Waals surface area contributed by atoms with E-state index in [0.717, 1.165) is 13.1 Å². The number of amides is 2. The molecule has 0 saturated carbocycles. The minimum atomic E-state index is -0.317. The van der Waals surface area contributed by atoms with Gasteiger partial charge in [-0.1, -0.05) is 0 Å². The van der Waals surface area contributed by atoms with Crippen LogP contribution in [0, 0.1) is 0 Å². The molecular weight excluding hydrogens is 382 g/mol. The molecule has 0 radical (unpaired) electrons. The summed E-state index contributed by atoms with van der Waals surface area (Å²) in [6, 6.07) is 5.05. The van der Waals surface area contributed by atoms with Crippen LogP contribution in [0.25, 0.3) is 0 Å². The van der Waals surface area contributed by atoms with Crippen LogP contribution in [0.3, 0.4) is 0 Å². The Morgan fingerprint density at radius 2 is 1.86 bits per heavy atom. The maximum Gasteiger partial charge on any atom is 0.315 e. The molecule has 0 bridgehead atoms. The third-order valence-electron chi connectivity index (χ3n) is 4.43. The topological polar surface area (TPSA) is 88.2 Å². The first-order valence-electron chi connectivity index (χ1n) is 9.05. The summed E-state index contributed by atoms with van der Waals surface area (Å²) in [5.41, 5.74) is 0.978. The van der Waals surface area contributed by atoms with Gasteiger partial charge in [-0.2, -0.15) is 0 Å². The van der Waals surface area contributed by atoms with Crippen LogP contribution in [0.5, 0.6) is 5.75 Å². The summed E-state index contributed by atoms with van der Waals surface area (Å²) >= 11 is 1.33. The Morgan fingerprint density at radius 3 is 2.50 bits per heavy atom. The van der Waals surface area contributed by atoms with E-state index < -0.39 is 0 Å². The molecule has 0 unspecified atom stereocenters. The van der Waals surface area contributed by atoms with Gasteiger partial charge in [-0.15, -0.1) is 11.8 Å². The minimum absolute atomic E-state index is 0.0557. The molecule has 9 heteroatoms. The fourth-order valence-electron chi connectivity index (χ4n) is 2.72. The van der Waals surface area contributed by atoms with E-state index in [1.807, 2.05) is 11.9 Å². The molecule has 0 atom stereocenters. The number of hydrogen-bond acceptors (Lipinski definition) is 7. The monoisotopic (exact) mass is 409 g/mol. The van der Waals surface area contributed by atoms with Gasteiger partial charge in [0.25, 0.3) is 5.91 Å². The van der Waals surface area contributed by atoms with Crippen LogP contribution >= 0.6 is 11.8 Å². The van der Waals surface area contributed by atoms with E-state index in [2.05, 4.69) is 15.0 Å². The summed E-state index contributed by atoms with van der Waals surface area (Å²) in [5, 5.41) is 2.80. The van der Waals surface area contributed by atoms with Crippen LogP contribution < -0.4 is 10.1 Å². The highest BCUT2D eigenvalue weighted by Crippen LogP contribution is 2.26. The molecule has 8 nitrogen and oxygen atoms in total. The maximum atomic E-state index is 12.8. The number of likely N-dealkylation sites (N-methyl/N-ethyl adjacent to an activating group) is 1. The van der Waals surface area contributed by atoms with Crippen LogP contribution in [-0.2, 0) is 14.3 Å². The van der Waals surface area contributed by atoms with Crippen molar-refractivity contribution in [1.29, 1.82) is 0 Å². The Morgan fingerprint density at radius 1 is 1.14 bits per heavy atom. The second-order valence-electron chi connectivity index (χ2n) is 6.44. The van der Waals surface area contributed by atoms with Crippen molar-refractivity contribution in [3.05, 3.63) is 23.8 Å². The smallest absolute Gasteiger partial charge is 0.315 e. The molecule has 1 aliphatic rings. The third kappa shape index (κ3) is 6.42. The van der Waals surface area contributed by atoms with Crippen molar-refractivity contribution < 1.29 is 23.9 Å². The summed E-state index contributed by atoms with van der Waals surface area (Å²) in [7, 11) is 4.88. The number of nitrogens with zero attached hydrogens (tertiary/aromatic N) is 2. The molecule has 1 aromatic rings. The zero-order valence-corrected chi connectivity index (χ0v) is 17.3. The lowest BCUT2D eigenvalue weighted by Gasteiger charge is -2.32. The molecule has 1 heterocycles. The van der Waals surface area contributed by atoms with E-state index in [4.69, 9.17) is 4.74 Å². The lowest BCUT2D eigenvalue weighted by molar-refractivity contribution is -0.137. The Labute approximate surface area is 169 Å². The first-order valence-corrected chi connectivity index (χ1v) is 10.2. The minimum Gasteiger partial charge on any atom is -0.495 e. The van der Waals surface area contributed by atoms with E-state index in [1.54, 1.807) is 18.2 Å². The van der Waals surface area contributed by atoms with Gasteiger partial charge in [0.15, 0.2) is 0 Å². The maximum absolute atomic E-state index is 12.8. The summed E-state index contributed by atoms with van der Waals surface area (Å²) in [6.45, 7) is 3.05. The number of carbonyl (C=O) groups excluding carboxylic acids is 3. The van der Waals surface area contributed by atoms with Crippen molar-refractivity contribution in [3.63, 3.8) is 0 Å². The zero-order valence-electron chi connectivity index (χ0n) is 16.5. The van der Waals surface area contributed by atoms with Gasteiger partial charge in [-0.25, -0.2) is 0 Å². The Kier molecular flexibility index (Phi) is 8.59. The lowest BCUT2D eigenvalue weighted by atomic mass is 10.1. The van der Waals surface area contributed by atoms with Crippen molar-refractivity contribution in [1.82, 2.24) is 9.80 Å². The van der Waals surface area contributed by atoms with Crippen molar-refractivity contribution >= 4 is 35.2 Å². The van der Waals surface area contributed by atoms with Crippen molar-refractivity contribution in [2.75, 3.05) is 64.3 Å². The van der Waals surface area contributed by atoms with Crippen molar-refractivity contribution in [3.8, 4) is 5.75 Å². The van der Waals surface area contributed by atoms with E-state index in [0.29, 0.717) is 35.8 Å². The molecule has 2 rings (SSSR count). The number of rotatable bonds is 8. The van der Waals surface area contributed by atoms with Crippen LogP contribution in [0.4, 0.5) is 5.69 Å². The highest BCUT2D eigenvalue weighted by Gasteiger charge is 2.21. The number of anilines is 1. The molecule has 154 valence electrons. The Hall–Kier alpha value is -2.26. The quantitative estimate of drug-likeness (QED) is 0.512. The Balaban J connectivity index is 1.97. The van der Waals surface area contributed by atoms with Crippen LogP contribution in [0.2, 0.25) is 0 Å². The van der Waals surface area contributed by atoms with Gasteiger partial charge in [0.2, 0.25) is 5.91 Å². The van der Waals surface area contributed by atoms with Gasteiger partial charge < -0.3 is 24.6 Å². The number of thioether (sulfide) groups is 1. The number of esters is 1. The van der Waals surface area contributed by atoms with E-state index in [9.17, 15) is 14.4 Å². The van der Waals surface area contributed by atoms with Crippen LogP contribution in [-0.4, -0.2) is 86.5 Å². The number of benzene rings is 1. The van der Waals surface area contributed by atoms with E-state index in [1.165, 1.54) is 26.0 Å². The first kappa shape index (κ1) is 22.0. The molecule has 0 aliphatic carbocycles. The summed E-state index contributed by atoms with van der Waals surface area (Å²) in [4.78, 5) is 40.1. The van der Waals surface area contributed by atoms with E-state index >= 15 is 0 Å². The SMILES string of the molecule is COC(=O)CSCCC(=O)Nc1cc(C(=O)N2CCN(C)CC2)ccc1OC. The molecule has 28 heavy (non-hydrogen) atoms. The van der Waals surface area contributed by atoms with Crippen molar-refractivity contribution in [2.24, 2.45) is 0 Å². The second kappa shape index (κ2) is 10.9. The average Bonchev–Trinajstić information content (AvgIpc) is 2.71. The number of carbonyl (C=O) groups is 3. The lowest BCUT2D eigenvalue weighted by Crippen LogP contribution is -2.47. The fraction of sp³-hybridized carbons (Fsp3) is 0.526. The van der Waals surface area contributed by atoms with Gasteiger partial charge in [-0.3, -0.25) is 14.4 Å². The highest BCUT2D eigenvalue weighted by molar-refractivity contribution is 7.99. The summed E-state index contributed by atoms with van der Waals surface area (Å²) in [5.74, 6) is 0.609. The predicted octanol–water partition coefficient (Wildman–Crippen LogP) is 1.32. The molecule has 1 N–H and O–H groups in total. The zero-order chi connectivity index (χ0) is 20.5. The number of hydrogen-bond donors (Lipinski definition) is 1. The standard InChI is InChI=1S/C19H27N3O5S/c1-21-7-9-22(10-8-21)19(25)14-4-5-16(26-2)15(12-14)20-17(23)6-11-28-13-18(24)27-3/h4-5,12H,6-11,13H2,1-3H3,(H,20,23). The van der Waals surface area contributed by atoms with Gasteiger partial charge in [0.05, 0.1) is 25.7 Å². The number of ether oxygens (including phenoxy) is 2. The average molecular weight is 410 g/mol. The molecular formula is C19H27N3O5S. The number of piperazine rings is 1. The molecule has 1 saturated heterocycles. The van der Waals surface area contributed by atoms with Gasteiger partial charge in [-0.05, 0) is 25.2 Å². The molecule has 0 spiro atoms. The molecule has 0 aromatic heterocycles. The third-order valence-corrected chi connectivity index (χ3v) is 5.36. The largest absolute Gasteiger partial charge is 0.495 e. The number of methoxy groups -OCH3 is 2. The van der Waals surface area contributed by atoms with Gasteiger partial charge in [0, 0.05) is 43.9 Å². The normalized spacial score (nSPS) is 14.5. The van der Waals surface area contributed by atoms with Gasteiger partial charge >= 0.3 is 5.97 Å². The van der Waals surface area contributed by atoms with Crippen molar-refractivity contribution in [2.45, 2.75) is 6.42 Å². The molecule has 1 aromatic carbocycles. The summed E-state index contributed by atoms with van der Waals surface area (Å²) in [6.07, 6.45) is 0.238.